The molecule has 1 aromatic carbocycles. The number of likely N-dealkylation sites (tertiary alicyclic amines) is 1. The standard InChI is InChI=1S/C33H34FN7O3S/c1-18-12-23(40-14-33(15-40)16-41(17-33)29(42)31(2,3)43)36-26-24(18)37-28-21(10-11-32(28,4)44)27(26)39(5)30-38-25(22(13-35)45-30)19-6-8-20(34)9-7-19/h6-9,12,43-44H,10-11,14-17H2,1-5H3. The Morgan fingerprint density at radius 3 is 2.47 bits per heavy atom. The van der Waals surface area contributed by atoms with E-state index in [1.54, 1.807) is 24.0 Å². The summed E-state index contributed by atoms with van der Waals surface area (Å²) in [6.07, 6.45) is 1.13. The van der Waals surface area contributed by atoms with Crippen LogP contribution in [0.25, 0.3) is 22.3 Å². The second-order valence-corrected chi connectivity index (χ2v) is 14.5. The van der Waals surface area contributed by atoms with Crippen molar-refractivity contribution in [1.29, 1.82) is 5.26 Å². The van der Waals surface area contributed by atoms with Gasteiger partial charge in [0.1, 0.15) is 45.0 Å². The molecule has 7 rings (SSSR count). The summed E-state index contributed by atoms with van der Waals surface area (Å²) in [5, 5.41) is 31.9. The van der Waals surface area contributed by atoms with Crippen LogP contribution in [0.4, 0.5) is 21.0 Å². The maximum absolute atomic E-state index is 13.6. The number of hydrogen-bond donors (Lipinski definition) is 2. The number of nitrogens with zero attached hydrogens (tertiary/aromatic N) is 7. The summed E-state index contributed by atoms with van der Waals surface area (Å²) >= 11 is 1.25. The fourth-order valence-corrected chi connectivity index (χ4v) is 7.78. The molecular weight excluding hydrogens is 593 g/mol. The Kier molecular flexibility index (Phi) is 6.50. The molecule has 3 aromatic heterocycles. The zero-order valence-electron chi connectivity index (χ0n) is 25.8. The van der Waals surface area contributed by atoms with Crippen LogP contribution < -0.4 is 9.80 Å². The average molecular weight is 628 g/mol. The number of anilines is 3. The van der Waals surface area contributed by atoms with Crippen molar-refractivity contribution in [2.75, 3.05) is 43.0 Å². The van der Waals surface area contributed by atoms with Crippen LogP contribution in [-0.4, -0.2) is 74.8 Å². The predicted molar refractivity (Wildman–Crippen MR) is 170 cm³/mol. The van der Waals surface area contributed by atoms with E-state index in [1.165, 1.54) is 37.3 Å². The molecule has 12 heteroatoms. The molecule has 4 aromatic rings. The molecule has 45 heavy (non-hydrogen) atoms. The lowest BCUT2D eigenvalue weighted by atomic mass is 9.72. The summed E-state index contributed by atoms with van der Waals surface area (Å²) in [4.78, 5) is 33.7. The molecule has 2 aliphatic heterocycles. The lowest BCUT2D eigenvalue weighted by Gasteiger charge is -2.61. The van der Waals surface area contributed by atoms with Gasteiger partial charge in [-0.2, -0.15) is 5.26 Å². The lowest BCUT2D eigenvalue weighted by Crippen LogP contribution is -2.74. The molecule has 232 valence electrons. The van der Waals surface area contributed by atoms with Crippen molar-refractivity contribution < 1.29 is 19.4 Å². The van der Waals surface area contributed by atoms with Crippen LogP contribution in [-0.2, 0) is 16.8 Å². The van der Waals surface area contributed by atoms with E-state index < -0.39 is 11.2 Å². The van der Waals surface area contributed by atoms with Gasteiger partial charge in [-0.25, -0.2) is 19.3 Å². The quantitative estimate of drug-likeness (QED) is 0.331. The number of benzene rings is 1. The zero-order valence-corrected chi connectivity index (χ0v) is 26.7. The first-order valence-corrected chi connectivity index (χ1v) is 15.8. The average Bonchev–Trinajstić information content (AvgIpc) is 3.50. The molecule has 3 aliphatic rings. The Bertz CT molecular complexity index is 1910. The van der Waals surface area contributed by atoms with Gasteiger partial charge in [0.05, 0.1) is 16.9 Å². The fraction of sp³-hybridized carbons (Fsp3) is 0.424. The molecule has 0 bridgehead atoms. The summed E-state index contributed by atoms with van der Waals surface area (Å²) in [6.45, 7) is 9.53. The van der Waals surface area contributed by atoms with E-state index in [0.29, 0.717) is 63.9 Å². The number of amides is 1. The Balaban J connectivity index is 1.27. The third-order valence-electron chi connectivity index (χ3n) is 9.26. The normalized spacial score (nSPS) is 20.2. The third-order valence-corrected chi connectivity index (χ3v) is 10.3. The first kappa shape index (κ1) is 29.5. The largest absolute Gasteiger partial charge is 0.384 e. The number of aryl methyl sites for hydroxylation is 1. The molecule has 2 saturated heterocycles. The molecular formula is C33H34FN7O3S. The number of thiazole rings is 1. The van der Waals surface area contributed by atoms with Gasteiger partial charge in [-0.05, 0) is 76.4 Å². The number of carbonyl (C=O) groups excluding carboxylic acids is 1. The van der Waals surface area contributed by atoms with Crippen molar-refractivity contribution in [3.05, 3.63) is 57.8 Å². The molecule has 1 aliphatic carbocycles. The lowest BCUT2D eigenvalue weighted by molar-refractivity contribution is -0.162. The van der Waals surface area contributed by atoms with Crippen LogP contribution in [0, 0.1) is 29.5 Å². The van der Waals surface area contributed by atoms with E-state index >= 15 is 0 Å². The number of nitriles is 1. The van der Waals surface area contributed by atoms with Crippen LogP contribution in [0.2, 0.25) is 0 Å². The summed E-state index contributed by atoms with van der Waals surface area (Å²) in [5.74, 6) is 0.195. The molecule has 2 fully saturated rings. The van der Waals surface area contributed by atoms with Crippen molar-refractivity contribution >= 4 is 44.9 Å². The van der Waals surface area contributed by atoms with Crippen molar-refractivity contribution in [3.63, 3.8) is 0 Å². The molecule has 1 amide bonds. The number of fused-ring (bicyclic) bond motifs is 2. The number of pyridine rings is 2. The highest BCUT2D eigenvalue weighted by Crippen LogP contribution is 2.48. The Hall–Kier alpha value is -4.18. The topological polar surface area (TPSA) is 130 Å². The SMILES string of the molecule is Cc1cc(N2CC3(CN(C(=O)C(C)(C)O)C3)C2)nc2c(N(C)c3nc(-c4ccc(F)cc4)c(C#N)s3)c3c(nc12)C(C)(O)CC3. The van der Waals surface area contributed by atoms with Gasteiger partial charge in [0.15, 0.2) is 5.13 Å². The minimum atomic E-state index is -1.38. The van der Waals surface area contributed by atoms with Crippen molar-refractivity contribution in [3.8, 4) is 17.3 Å². The zero-order chi connectivity index (χ0) is 32.1. The third kappa shape index (κ3) is 4.72. The van der Waals surface area contributed by atoms with E-state index in [0.717, 1.165) is 35.7 Å². The van der Waals surface area contributed by atoms with Gasteiger partial charge in [-0.15, -0.1) is 0 Å². The molecule has 5 heterocycles. The summed E-state index contributed by atoms with van der Waals surface area (Å²) < 4.78 is 13.6. The van der Waals surface area contributed by atoms with Crippen LogP contribution in [0.15, 0.2) is 30.3 Å². The van der Waals surface area contributed by atoms with Gasteiger partial charge >= 0.3 is 0 Å². The van der Waals surface area contributed by atoms with Crippen molar-refractivity contribution in [2.45, 2.75) is 51.7 Å². The van der Waals surface area contributed by atoms with Gasteiger partial charge in [-0.3, -0.25) is 4.79 Å². The molecule has 0 radical (unpaired) electrons. The highest BCUT2D eigenvalue weighted by molar-refractivity contribution is 7.16. The van der Waals surface area contributed by atoms with Crippen LogP contribution in [0.3, 0.4) is 0 Å². The molecule has 1 unspecified atom stereocenters. The summed E-state index contributed by atoms with van der Waals surface area (Å²) in [7, 11) is 1.89. The second kappa shape index (κ2) is 9.91. The molecule has 1 spiro atoms. The maximum atomic E-state index is 13.6. The molecule has 0 saturated carbocycles. The van der Waals surface area contributed by atoms with Crippen molar-refractivity contribution in [1.82, 2.24) is 19.9 Å². The number of halogens is 1. The second-order valence-electron chi connectivity index (χ2n) is 13.5. The van der Waals surface area contributed by atoms with Gasteiger partial charge in [0.2, 0.25) is 0 Å². The minimum Gasteiger partial charge on any atom is -0.384 e. The number of rotatable bonds is 5. The smallest absolute Gasteiger partial charge is 0.253 e. The molecule has 1 atom stereocenters. The number of hydrogen-bond acceptors (Lipinski definition) is 10. The Morgan fingerprint density at radius 2 is 1.82 bits per heavy atom. The van der Waals surface area contributed by atoms with Crippen molar-refractivity contribution in [2.24, 2.45) is 5.41 Å². The Morgan fingerprint density at radius 1 is 1.13 bits per heavy atom. The van der Waals surface area contributed by atoms with E-state index in [2.05, 4.69) is 11.0 Å². The number of carbonyl (C=O) groups is 1. The first-order chi connectivity index (χ1) is 21.2. The fourth-order valence-electron chi connectivity index (χ4n) is 6.93. The van der Waals surface area contributed by atoms with Crippen LogP contribution in [0.5, 0.6) is 0 Å². The minimum absolute atomic E-state index is 0.00863. The van der Waals surface area contributed by atoms with Gasteiger partial charge in [-0.1, -0.05) is 11.3 Å². The first-order valence-electron chi connectivity index (χ1n) is 14.9. The monoisotopic (exact) mass is 627 g/mol. The molecule has 2 N–H and O–H groups in total. The predicted octanol–water partition coefficient (Wildman–Crippen LogP) is 4.41. The van der Waals surface area contributed by atoms with Crippen LogP contribution >= 0.6 is 11.3 Å². The van der Waals surface area contributed by atoms with E-state index in [-0.39, 0.29) is 17.1 Å². The molecule has 10 nitrogen and oxygen atoms in total. The van der Waals surface area contributed by atoms with E-state index in [1.807, 2.05) is 24.9 Å². The Labute approximate surface area is 264 Å². The van der Waals surface area contributed by atoms with E-state index in [9.17, 15) is 24.7 Å². The van der Waals surface area contributed by atoms with Gasteiger partial charge in [0, 0.05) is 49.8 Å². The van der Waals surface area contributed by atoms with Gasteiger partial charge < -0.3 is 24.9 Å². The van der Waals surface area contributed by atoms with E-state index in [4.69, 9.17) is 15.0 Å². The highest BCUT2D eigenvalue weighted by atomic mass is 32.1. The maximum Gasteiger partial charge on any atom is 0.253 e. The summed E-state index contributed by atoms with van der Waals surface area (Å²) in [6, 6.07) is 10.2. The summed E-state index contributed by atoms with van der Waals surface area (Å²) in [5.41, 5.74) is 3.28. The number of aliphatic hydroxyl groups is 2. The van der Waals surface area contributed by atoms with Crippen LogP contribution in [0.1, 0.15) is 48.9 Å². The highest BCUT2D eigenvalue weighted by Gasteiger charge is 2.55. The number of aromatic nitrogens is 3. The van der Waals surface area contributed by atoms with Gasteiger partial charge in [0.25, 0.3) is 5.91 Å².